The Kier molecular flexibility index (Phi) is 3.81. The highest BCUT2D eigenvalue weighted by atomic mass is 32.2. The van der Waals surface area contributed by atoms with Gasteiger partial charge in [-0.2, -0.15) is 11.8 Å². The second-order valence-corrected chi connectivity index (χ2v) is 8.17. The molecule has 1 saturated carbocycles. The van der Waals surface area contributed by atoms with Gasteiger partial charge in [0.2, 0.25) is 0 Å². The van der Waals surface area contributed by atoms with Gasteiger partial charge in [0, 0.05) is 16.2 Å². The van der Waals surface area contributed by atoms with Crippen LogP contribution in [0, 0.1) is 18.6 Å². The van der Waals surface area contributed by atoms with Crippen molar-refractivity contribution < 1.29 is 0 Å². The second kappa shape index (κ2) is 5.31. The molecule has 6 heteroatoms. The van der Waals surface area contributed by atoms with Gasteiger partial charge in [-0.1, -0.05) is 0 Å². The predicted octanol–water partition coefficient (Wildman–Crippen LogP) is 4.19. The van der Waals surface area contributed by atoms with Crippen LogP contribution in [0.1, 0.15) is 35.7 Å². The lowest BCUT2D eigenvalue weighted by molar-refractivity contribution is 0.494. The summed E-state index contributed by atoms with van der Waals surface area (Å²) in [5.41, 5.74) is 1.19. The molecule has 0 bridgehead atoms. The van der Waals surface area contributed by atoms with E-state index >= 15 is 0 Å². The zero-order chi connectivity index (χ0) is 14.4. The fourth-order valence-electron chi connectivity index (χ4n) is 3.04. The van der Waals surface area contributed by atoms with Crippen molar-refractivity contribution >= 4 is 45.5 Å². The number of rotatable bonds is 2. The Morgan fingerprint density at radius 2 is 2.15 bits per heavy atom. The Hall–Kier alpha value is -0.590. The van der Waals surface area contributed by atoms with E-state index in [9.17, 15) is 4.79 Å². The van der Waals surface area contributed by atoms with E-state index < -0.39 is 0 Å². The van der Waals surface area contributed by atoms with Gasteiger partial charge in [-0.05, 0) is 57.1 Å². The lowest BCUT2D eigenvalue weighted by Gasteiger charge is -2.14. The number of thiophene rings is 1. The lowest BCUT2D eigenvalue weighted by atomic mass is 10.2. The molecule has 0 radical (unpaired) electrons. The quantitative estimate of drug-likeness (QED) is 0.841. The van der Waals surface area contributed by atoms with E-state index in [4.69, 9.17) is 12.2 Å². The highest BCUT2D eigenvalue weighted by Gasteiger charge is 2.27. The SMILES string of the molecule is CSC1CCC(n2c(=S)[nH]c3sc(C)c(C)c3c2=O)C1. The van der Waals surface area contributed by atoms with Gasteiger partial charge in [0.1, 0.15) is 4.83 Å². The highest BCUT2D eigenvalue weighted by Crippen LogP contribution is 2.36. The first-order valence-electron chi connectivity index (χ1n) is 6.80. The number of nitrogens with zero attached hydrogens (tertiary/aromatic N) is 1. The van der Waals surface area contributed by atoms with Crippen LogP contribution in [0.4, 0.5) is 0 Å². The molecule has 1 fully saturated rings. The standard InChI is InChI=1S/C14H18N2OS3/c1-7-8(2)20-12-11(7)13(17)16(14(18)15-12)9-4-5-10(6-9)19-3/h9-10H,4-6H2,1-3H3,(H,15,18). The third-order valence-electron chi connectivity index (χ3n) is 4.31. The Labute approximate surface area is 131 Å². The molecule has 1 aliphatic rings. The summed E-state index contributed by atoms with van der Waals surface area (Å²) in [6.45, 7) is 4.08. The maximum atomic E-state index is 12.8. The van der Waals surface area contributed by atoms with Crippen LogP contribution in [0.15, 0.2) is 4.79 Å². The van der Waals surface area contributed by atoms with Crippen LogP contribution in [0.2, 0.25) is 0 Å². The molecule has 2 aromatic rings. The molecule has 0 spiro atoms. The topological polar surface area (TPSA) is 37.8 Å². The van der Waals surface area contributed by atoms with Gasteiger partial charge in [0.15, 0.2) is 4.77 Å². The van der Waals surface area contributed by atoms with Gasteiger partial charge in [0.05, 0.1) is 5.39 Å². The van der Waals surface area contributed by atoms with Crippen molar-refractivity contribution in [3.05, 3.63) is 25.6 Å². The maximum Gasteiger partial charge on any atom is 0.263 e. The third kappa shape index (κ3) is 2.18. The van der Waals surface area contributed by atoms with Gasteiger partial charge in [-0.25, -0.2) is 0 Å². The number of thioether (sulfide) groups is 1. The molecule has 2 aromatic heterocycles. The Bertz CT molecular complexity index is 771. The number of aryl methyl sites for hydroxylation is 2. The largest absolute Gasteiger partial charge is 0.323 e. The average molecular weight is 327 g/mol. The van der Waals surface area contributed by atoms with Crippen LogP contribution >= 0.6 is 35.3 Å². The van der Waals surface area contributed by atoms with E-state index in [1.807, 2.05) is 23.3 Å². The van der Waals surface area contributed by atoms with E-state index in [-0.39, 0.29) is 11.6 Å². The summed E-state index contributed by atoms with van der Waals surface area (Å²) in [4.78, 5) is 18.2. The van der Waals surface area contributed by atoms with E-state index in [1.54, 1.807) is 11.3 Å². The second-order valence-electron chi connectivity index (χ2n) is 5.42. The molecule has 1 N–H and O–H groups in total. The molecule has 3 rings (SSSR count). The monoisotopic (exact) mass is 326 g/mol. The van der Waals surface area contributed by atoms with Crippen LogP contribution < -0.4 is 5.56 Å². The first-order chi connectivity index (χ1) is 9.52. The van der Waals surface area contributed by atoms with Crippen LogP contribution in [-0.4, -0.2) is 21.1 Å². The van der Waals surface area contributed by atoms with Gasteiger partial charge in [-0.3, -0.25) is 9.36 Å². The minimum Gasteiger partial charge on any atom is -0.323 e. The molecule has 2 unspecified atom stereocenters. The van der Waals surface area contributed by atoms with Crippen molar-refractivity contribution in [2.45, 2.75) is 44.4 Å². The van der Waals surface area contributed by atoms with Crippen LogP contribution in [0.25, 0.3) is 10.2 Å². The van der Waals surface area contributed by atoms with Crippen molar-refractivity contribution in [2.75, 3.05) is 6.26 Å². The van der Waals surface area contributed by atoms with E-state index in [0.29, 0.717) is 10.0 Å². The average Bonchev–Trinajstić information content (AvgIpc) is 2.96. The lowest BCUT2D eigenvalue weighted by Crippen LogP contribution is -2.25. The van der Waals surface area contributed by atoms with Crippen LogP contribution in [0.5, 0.6) is 0 Å². The molecule has 0 saturated heterocycles. The van der Waals surface area contributed by atoms with E-state index in [2.05, 4.69) is 18.2 Å². The normalized spacial score (nSPS) is 22.8. The third-order valence-corrected chi connectivity index (χ3v) is 6.83. The van der Waals surface area contributed by atoms with Crippen LogP contribution in [-0.2, 0) is 0 Å². The minimum atomic E-state index is 0.0948. The zero-order valence-corrected chi connectivity index (χ0v) is 14.3. The highest BCUT2D eigenvalue weighted by molar-refractivity contribution is 7.99. The molecular formula is C14H18N2OS3. The molecule has 20 heavy (non-hydrogen) atoms. The molecule has 2 heterocycles. The summed E-state index contributed by atoms with van der Waals surface area (Å²) in [6, 6.07) is 0.257. The number of aromatic amines is 1. The summed E-state index contributed by atoms with van der Waals surface area (Å²) in [7, 11) is 0. The number of aromatic nitrogens is 2. The zero-order valence-electron chi connectivity index (χ0n) is 11.9. The summed E-state index contributed by atoms with van der Waals surface area (Å²) < 4.78 is 2.41. The van der Waals surface area contributed by atoms with Gasteiger partial charge >= 0.3 is 0 Å². The Morgan fingerprint density at radius 1 is 1.40 bits per heavy atom. The predicted molar refractivity (Wildman–Crippen MR) is 90.9 cm³/mol. The molecule has 0 amide bonds. The minimum absolute atomic E-state index is 0.0948. The first-order valence-corrected chi connectivity index (χ1v) is 9.31. The summed E-state index contributed by atoms with van der Waals surface area (Å²) in [5, 5.41) is 1.48. The molecule has 1 aliphatic carbocycles. The van der Waals surface area contributed by atoms with Crippen LogP contribution in [0.3, 0.4) is 0 Å². The number of hydrogen-bond donors (Lipinski definition) is 1. The molecule has 108 valence electrons. The fraction of sp³-hybridized carbons (Fsp3) is 0.571. The summed E-state index contributed by atoms with van der Waals surface area (Å²) >= 11 is 8.96. The summed E-state index contributed by atoms with van der Waals surface area (Å²) in [6.07, 6.45) is 5.42. The molecule has 2 atom stereocenters. The Balaban J connectivity index is 2.19. The number of nitrogens with one attached hydrogen (secondary N) is 1. The molecular weight excluding hydrogens is 308 g/mol. The molecule has 3 nitrogen and oxygen atoms in total. The Morgan fingerprint density at radius 3 is 2.80 bits per heavy atom. The van der Waals surface area contributed by atoms with Gasteiger partial charge in [0.25, 0.3) is 5.56 Å². The van der Waals surface area contributed by atoms with Crippen molar-refractivity contribution in [3.63, 3.8) is 0 Å². The smallest absolute Gasteiger partial charge is 0.263 e. The number of fused-ring (bicyclic) bond motifs is 1. The van der Waals surface area contributed by atoms with Gasteiger partial charge in [-0.15, -0.1) is 11.3 Å². The fourth-order valence-corrected chi connectivity index (χ4v) is 5.28. The van der Waals surface area contributed by atoms with E-state index in [0.717, 1.165) is 28.6 Å². The maximum absolute atomic E-state index is 12.8. The number of H-pyrrole nitrogens is 1. The van der Waals surface area contributed by atoms with Crippen molar-refractivity contribution in [1.29, 1.82) is 0 Å². The first kappa shape index (κ1) is 14.4. The molecule has 0 aromatic carbocycles. The van der Waals surface area contributed by atoms with Crippen molar-refractivity contribution in [2.24, 2.45) is 0 Å². The molecule has 0 aliphatic heterocycles. The van der Waals surface area contributed by atoms with Crippen molar-refractivity contribution in [3.8, 4) is 0 Å². The summed E-state index contributed by atoms with van der Waals surface area (Å²) in [5.74, 6) is 0. The van der Waals surface area contributed by atoms with E-state index in [1.165, 1.54) is 11.3 Å². The van der Waals surface area contributed by atoms with Crippen molar-refractivity contribution in [1.82, 2.24) is 9.55 Å². The number of hydrogen-bond acceptors (Lipinski definition) is 4. The van der Waals surface area contributed by atoms with Gasteiger partial charge < -0.3 is 4.98 Å².